The second-order valence-electron chi connectivity index (χ2n) is 3.08. The number of rotatable bonds is 4. The highest BCUT2D eigenvalue weighted by Crippen LogP contribution is 2.32. The summed E-state index contributed by atoms with van der Waals surface area (Å²) in [5.41, 5.74) is 6.07. The number of anilines is 1. The molecule has 0 aliphatic rings. The molecule has 0 aliphatic carbocycles. The van der Waals surface area contributed by atoms with Crippen molar-refractivity contribution in [2.75, 3.05) is 19.4 Å². The first-order valence-electron chi connectivity index (χ1n) is 4.62. The second kappa shape index (κ2) is 5.82. The van der Waals surface area contributed by atoms with E-state index in [1.54, 1.807) is 7.05 Å². The summed E-state index contributed by atoms with van der Waals surface area (Å²) < 4.78 is 5.32. The van der Waals surface area contributed by atoms with Gasteiger partial charge < -0.3 is 15.8 Å². The van der Waals surface area contributed by atoms with E-state index in [4.69, 9.17) is 33.7 Å². The smallest absolute Gasteiger partial charge is 0.223 e. The van der Waals surface area contributed by atoms with Crippen molar-refractivity contribution in [3.8, 4) is 5.75 Å². The zero-order valence-electron chi connectivity index (χ0n) is 8.72. The zero-order valence-corrected chi connectivity index (χ0v) is 10.2. The maximum absolute atomic E-state index is 10.9. The van der Waals surface area contributed by atoms with Crippen LogP contribution < -0.4 is 15.8 Å². The van der Waals surface area contributed by atoms with Gasteiger partial charge in [0.05, 0.1) is 28.8 Å². The predicted octanol–water partition coefficient (Wildman–Crippen LogP) is 2.09. The summed E-state index contributed by atoms with van der Waals surface area (Å²) in [5.74, 6) is 0.330. The van der Waals surface area contributed by atoms with Gasteiger partial charge in [-0.3, -0.25) is 4.79 Å². The number of ether oxygens (including phenoxy) is 1. The lowest BCUT2D eigenvalue weighted by atomic mass is 10.3. The number of nitrogens with two attached hydrogens (primary N) is 1. The van der Waals surface area contributed by atoms with Crippen LogP contribution >= 0.6 is 23.2 Å². The third kappa shape index (κ3) is 3.47. The Hall–Kier alpha value is -1.13. The van der Waals surface area contributed by atoms with E-state index in [-0.39, 0.29) is 18.9 Å². The Kier molecular flexibility index (Phi) is 4.71. The van der Waals surface area contributed by atoms with Gasteiger partial charge in [0.2, 0.25) is 5.91 Å². The number of carbonyl (C=O) groups excluding carboxylic acids is 1. The average molecular weight is 263 g/mol. The monoisotopic (exact) mass is 262 g/mol. The third-order valence-electron chi connectivity index (χ3n) is 1.92. The van der Waals surface area contributed by atoms with E-state index < -0.39 is 0 Å². The van der Waals surface area contributed by atoms with Gasteiger partial charge >= 0.3 is 0 Å². The zero-order chi connectivity index (χ0) is 12.1. The average Bonchev–Trinajstić information content (AvgIpc) is 2.25. The number of nitrogens with one attached hydrogen (secondary N) is 1. The van der Waals surface area contributed by atoms with Crippen LogP contribution in [0.5, 0.6) is 5.75 Å². The van der Waals surface area contributed by atoms with Crippen LogP contribution in [0.4, 0.5) is 5.69 Å². The van der Waals surface area contributed by atoms with Gasteiger partial charge in [-0.1, -0.05) is 23.2 Å². The van der Waals surface area contributed by atoms with Crippen molar-refractivity contribution >= 4 is 34.8 Å². The molecule has 1 rings (SSSR count). The fraction of sp³-hybridized carbons (Fsp3) is 0.300. The first-order valence-corrected chi connectivity index (χ1v) is 5.38. The third-order valence-corrected chi connectivity index (χ3v) is 2.64. The number of carbonyl (C=O) groups is 1. The Morgan fingerprint density at radius 1 is 1.44 bits per heavy atom. The molecule has 0 saturated heterocycles. The van der Waals surface area contributed by atoms with Gasteiger partial charge in [0.15, 0.2) is 0 Å². The first-order chi connectivity index (χ1) is 7.54. The number of benzene rings is 1. The van der Waals surface area contributed by atoms with Gasteiger partial charge in [-0.05, 0) is 6.07 Å². The first kappa shape index (κ1) is 12.9. The molecule has 0 aliphatic heterocycles. The summed E-state index contributed by atoms with van der Waals surface area (Å²) in [6, 6.07) is 3.04. The molecule has 0 spiro atoms. The minimum Gasteiger partial charge on any atom is -0.491 e. The van der Waals surface area contributed by atoms with Gasteiger partial charge in [-0.15, -0.1) is 0 Å². The molecule has 0 unspecified atom stereocenters. The highest BCUT2D eigenvalue weighted by atomic mass is 35.5. The van der Waals surface area contributed by atoms with Crippen molar-refractivity contribution in [2.24, 2.45) is 0 Å². The van der Waals surface area contributed by atoms with Crippen LogP contribution in [-0.2, 0) is 4.79 Å². The van der Waals surface area contributed by atoms with Crippen LogP contribution in [0.2, 0.25) is 10.0 Å². The molecule has 0 bridgehead atoms. The molecular weight excluding hydrogens is 251 g/mol. The van der Waals surface area contributed by atoms with E-state index >= 15 is 0 Å². The molecule has 88 valence electrons. The van der Waals surface area contributed by atoms with Gasteiger partial charge in [-0.2, -0.15) is 0 Å². The maximum atomic E-state index is 10.9. The molecule has 3 N–H and O–H groups in total. The van der Waals surface area contributed by atoms with Gasteiger partial charge in [0, 0.05) is 13.1 Å². The number of amides is 1. The molecule has 4 nitrogen and oxygen atoms in total. The van der Waals surface area contributed by atoms with Crippen molar-refractivity contribution < 1.29 is 9.53 Å². The summed E-state index contributed by atoms with van der Waals surface area (Å²) in [7, 11) is 1.57. The molecule has 6 heteroatoms. The van der Waals surface area contributed by atoms with Gasteiger partial charge in [-0.25, -0.2) is 0 Å². The van der Waals surface area contributed by atoms with Crippen LogP contribution in [0.3, 0.4) is 0 Å². The molecule has 0 heterocycles. The van der Waals surface area contributed by atoms with Gasteiger partial charge in [0.1, 0.15) is 5.75 Å². The Morgan fingerprint density at radius 3 is 2.69 bits per heavy atom. The molecule has 0 aromatic heterocycles. The molecule has 0 atom stereocenters. The SMILES string of the molecule is CNC(=O)CCOc1cc(Cl)c(Cl)cc1N. The highest BCUT2D eigenvalue weighted by Gasteiger charge is 2.06. The van der Waals surface area contributed by atoms with Crippen molar-refractivity contribution in [2.45, 2.75) is 6.42 Å². The lowest BCUT2D eigenvalue weighted by Gasteiger charge is -2.09. The normalized spacial score (nSPS) is 9.94. The predicted molar refractivity (Wildman–Crippen MR) is 65.1 cm³/mol. The molecule has 0 saturated carbocycles. The molecule has 1 amide bonds. The Balaban J connectivity index is 2.60. The lowest BCUT2D eigenvalue weighted by molar-refractivity contribution is -0.121. The Bertz CT molecular complexity index is 397. The highest BCUT2D eigenvalue weighted by molar-refractivity contribution is 6.42. The van der Waals surface area contributed by atoms with Crippen molar-refractivity contribution in [3.63, 3.8) is 0 Å². The largest absolute Gasteiger partial charge is 0.491 e. The minimum atomic E-state index is -0.0985. The van der Waals surface area contributed by atoms with Crippen molar-refractivity contribution in [1.82, 2.24) is 5.32 Å². The summed E-state index contributed by atoms with van der Waals surface area (Å²) in [5, 5.41) is 3.23. The molecular formula is C10H12Cl2N2O2. The van der Waals surface area contributed by atoms with E-state index in [0.29, 0.717) is 21.5 Å². The topological polar surface area (TPSA) is 64.3 Å². The Labute approximate surface area is 104 Å². The summed E-state index contributed by atoms with van der Waals surface area (Å²) in [6.45, 7) is 0.238. The van der Waals surface area contributed by atoms with E-state index in [1.165, 1.54) is 12.1 Å². The quantitative estimate of drug-likeness (QED) is 0.817. The number of halogens is 2. The van der Waals surface area contributed by atoms with E-state index in [9.17, 15) is 4.79 Å². The van der Waals surface area contributed by atoms with E-state index in [0.717, 1.165) is 0 Å². The van der Waals surface area contributed by atoms with Crippen molar-refractivity contribution in [3.05, 3.63) is 22.2 Å². The summed E-state index contributed by atoms with van der Waals surface area (Å²) in [4.78, 5) is 10.9. The fourth-order valence-corrected chi connectivity index (χ4v) is 1.37. The van der Waals surface area contributed by atoms with Crippen LogP contribution in [-0.4, -0.2) is 19.6 Å². The lowest BCUT2D eigenvalue weighted by Crippen LogP contribution is -2.20. The molecule has 0 fully saturated rings. The van der Waals surface area contributed by atoms with Crippen LogP contribution in [0.1, 0.15) is 6.42 Å². The molecule has 1 aromatic rings. The molecule has 0 radical (unpaired) electrons. The van der Waals surface area contributed by atoms with E-state index in [2.05, 4.69) is 5.32 Å². The summed E-state index contributed by atoms with van der Waals surface area (Å²) in [6.07, 6.45) is 0.260. The number of hydrogen-bond acceptors (Lipinski definition) is 3. The van der Waals surface area contributed by atoms with Crippen LogP contribution in [0.15, 0.2) is 12.1 Å². The number of nitrogen functional groups attached to an aromatic ring is 1. The minimum absolute atomic E-state index is 0.0985. The van der Waals surface area contributed by atoms with Crippen molar-refractivity contribution in [1.29, 1.82) is 0 Å². The molecule has 16 heavy (non-hydrogen) atoms. The maximum Gasteiger partial charge on any atom is 0.223 e. The molecule has 1 aromatic carbocycles. The van der Waals surface area contributed by atoms with E-state index in [1.807, 2.05) is 0 Å². The second-order valence-corrected chi connectivity index (χ2v) is 3.89. The Morgan fingerprint density at radius 2 is 2.06 bits per heavy atom. The fourth-order valence-electron chi connectivity index (χ4n) is 1.05. The van der Waals surface area contributed by atoms with Gasteiger partial charge in [0.25, 0.3) is 0 Å². The van der Waals surface area contributed by atoms with Crippen LogP contribution in [0, 0.1) is 0 Å². The van der Waals surface area contributed by atoms with Crippen LogP contribution in [0.25, 0.3) is 0 Å². The number of hydrogen-bond donors (Lipinski definition) is 2. The summed E-state index contributed by atoms with van der Waals surface area (Å²) >= 11 is 11.6. The standard InChI is InChI=1S/C10H12Cl2N2O2/c1-14-10(15)2-3-16-9-5-7(12)6(11)4-8(9)13/h4-5H,2-3,13H2,1H3,(H,14,15).